The van der Waals surface area contributed by atoms with Gasteiger partial charge in [0.15, 0.2) is 11.5 Å². The Labute approximate surface area is 161 Å². The Kier molecular flexibility index (Phi) is 3.62. The highest BCUT2D eigenvalue weighted by molar-refractivity contribution is 6.23. The fraction of sp³-hybridized carbons (Fsp3) is 0.0870. The van der Waals surface area contributed by atoms with Gasteiger partial charge in [-0.1, -0.05) is 48.5 Å². The van der Waals surface area contributed by atoms with Gasteiger partial charge >= 0.3 is 0 Å². The van der Waals surface area contributed by atoms with Crippen molar-refractivity contribution < 1.29 is 14.6 Å². The first-order valence-electron chi connectivity index (χ1n) is 8.95. The molecule has 0 saturated carbocycles. The Morgan fingerprint density at radius 1 is 0.786 bits per heavy atom. The van der Waals surface area contributed by atoms with Crippen LogP contribution in [0, 0.1) is 0 Å². The summed E-state index contributed by atoms with van der Waals surface area (Å²) in [6.07, 6.45) is 0. The van der Waals surface area contributed by atoms with Gasteiger partial charge in [0.1, 0.15) is 5.82 Å². The molecule has 0 spiro atoms. The third kappa shape index (κ3) is 2.29. The number of phenols is 1. The number of rotatable bonds is 3. The molecule has 1 heterocycles. The number of aromatic amines is 1. The lowest BCUT2D eigenvalue weighted by molar-refractivity contribution is 0.340. The van der Waals surface area contributed by atoms with E-state index in [0.29, 0.717) is 17.3 Å². The lowest BCUT2D eigenvalue weighted by atomic mass is 10.0. The van der Waals surface area contributed by atoms with E-state index >= 15 is 0 Å². The summed E-state index contributed by atoms with van der Waals surface area (Å²) < 4.78 is 10.6. The second-order valence-electron chi connectivity index (χ2n) is 6.63. The highest BCUT2D eigenvalue weighted by Crippen LogP contribution is 2.41. The fourth-order valence-corrected chi connectivity index (χ4v) is 3.79. The smallest absolute Gasteiger partial charge is 0.200 e. The summed E-state index contributed by atoms with van der Waals surface area (Å²) >= 11 is 0. The summed E-state index contributed by atoms with van der Waals surface area (Å²) in [6.45, 7) is 0. The van der Waals surface area contributed by atoms with Gasteiger partial charge in [0.2, 0.25) is 5.75 Å². The van der Waals surface area contributed by atoms with Crippen LogP contribution in [0.3, 0.4) is 0 Å². The summed E-state index contributed by atoms with van der Waals surface area (Å²) in [4.78, 5) is 8.36. The van der Waals surface area contributed by atoms with E-state index in [0.717, 1.165) is 27.4 Å². The number of aromatic nitrogens is 2. The van der Waals surface area contributed by atoms with Gasteiger partial charge < -0.3 is 19.6 Å². The first-order valence-corrected chi connectivity index (χ1v) is 8.95. The van der Waals surface area contributed by atoms with E-state index in [1.54, 1.807) is 12.1 Å². The molecule has 5 rings (SSSR count). The number of nitrogens with zero attached hydrogens (tertiary/aromatic N) is 1. The Hall–Kier alpha value is -3.73. The summed E-state index contributed by atoms with van der Waals surface area (Å²) in [5, 5.41) is 14.8. The number of ether oxygens (including phenoxy) is 2. The second-order valence-corrected chi connectivity index (χ2v) is 6.63. The molecule has 2 N–H and O–H groups in total. The third-order valence-electron chi connectivity index (χ3n) is 5.13. The second kappa shape index (κ2) is 6.16. The number of nitrogens with one attached hydrogen (secondary N) is 1. The summed E-state index contributed by atoms with van der Waals surface area (Å²) in [6, 6.07) is 20.1. The van der Waals surface area contributed by atoms with E-state index in [1.807, 2.05) is 24.3 Å². The van der Waals surface area contributed by atoms with Gasteiger partial charge in [0.05, 0.1) is 25.3 Å². The van der Waals surface area contributed by atoms with Crippen molar-refractivity contribution in [3.63, 3.8) is 0 Å². The molecule has 4 aromatic carbocycles. The maximum Gasteiger partial charge on any atom is 0.200 e. The standard InChI is InChI=1S/C23H18N2O3/c1-27-18-11-13(12-19(28-2)22(18)26)23-24-20-16-9-5-3-7-14(16)15-8-4-6-10-17(15)21(20)25-23/h3-12,26H,1-2H3,(H,24,25). The van der Waals surface area contributed by atoms with E-state index in [1.165, 1.54) is 25.0 Å². The number of hydrogen-bond donors (Lipinski definition) is 2. The molecule has 5 heteroatoms. The Morgan fingerprint density at radius 2 is 1.32 bits per heavy atom. The highest BCUT2D eigenvalue weighted by Gasteiger charge is 2.17. The Balaban J connectivity index is 1.87. The molecule has 0 aliphatic rings. The molecule has 0 amide bonds. The van der Waals surface area contributed by atoms with Crippen LogP contribution in [-0.2, 0) is 0 Å². The van der Waals surface area contributed by atoms with Crippen molar-refractivity contribution in [3.05, 3.63) is 60.7 Å². The minimum absolute atomic E-state index is 0.0271. The molecule has 28 heavy (non-hydrogen) atoms. The average Bonchev–Trinajstić information content (AvgIpc) is 3.20. The van der Waals surface area contributed by atoms with Crippen molar-refractivity contribution in [2.24, 2.45) is 0 Å². The van der Waals surface area contributed by atoms with Crippen LogP contribution in [0.5, 0.6) is 17.2 Å². The van der Waals surface area contributed by atoms with Gasteiger partial charge in [0.25, 0.3) is 0 Å². The van der Waals surface area contributed by atoms with Gasteiger partial charge in [-0.2, -0.15) is 0 Å². The van der Waals surface area contributed by atoms with Gasteiger partial charge in [-0.25, -0.2) is 4.98 Å². The largest absolute Gasteiger partial charge is 0.502 e. The zero-order valence-electron chi connectivity index (χ0n) is 15.5. The molecule has 0 atom stereocenters. The van der Waals surface area contributed by atoms with Gasteiger partial charge in [-0.05, 0) is 22.9 Å². The zero-order valence-corrected chi connectivity index (χ0v) is 15.5. The van der Waals surface area contributed by atoms with Crippen molar-refractivity contribution in [2.45, 2.75) is 0 Å². The molecule has 0 saturated heterocycles. The van der Waals surface area contributed by atoms with Crippen LogP contribution < -0.4 is 9.47 Å². The van der Waals surface area contributed by atoms with Gasteiger partial charge in [-0.3, -0.25) is 0 Å². The van der Waals surface area contributed by atoms with Crippen molar-refractivity contribution in [1.82, 2.24) is 9.97 Å². The predicted molar refractivity (Wildman–Crippen MR) is 111 cm³/mol. The normalized spacial score (nSPS) is 11.4. The van der Waals surface area contributed by atoms with Crippen molar-refractivity contribution in [3.8, 4) is 28.6 Å². The summed E-state index contributed by atoms with van der Waals surface area (Å²) in [7, 11) is 3.02. The first kappa shape index (κ1) is 16.4. The Bertz CT molecular complexity index is 1260. The molecule has 0 bridgehead atoms. The number of H-pyrrole nitrogens is 1. The molecule has 1 aromatic heterocycles. The number of aromatic hydroxyl groups is 1. The van der Waals surface area contributed by atoms with E-state index in [4.69, 9.17) is 14.5 Å². The lowest BCUT2D eigenvalue weighted by Gasteiger charge is -2.10. The van der Waals surface area contributed by atoms with E-state index in [2.05, 4.69) is 29.2 Å². The SMILES string of the molecule is COc1cc(-c2nc3c4ccccc4c4ccccc4c3[nH]2)cc(OC)c1O. The van der Waals surface area contributed by atoms with Crippen LogP contribution in [0.2, 0.25) is 0 Å². The minimum Gasteiger partial charge on any atom is -0.502 e. The van der Waals surface area contributed by atoms with E-state index in [-0.39, 0.29) is 5.75 Å². The number of imidazole rings is 1. The van der Waals surface area contributed by atoms with E-state index in [9.17, 15) is 5.11 Å². The van der Waals surface area contributed by atoms with Gasteiger partial charge in [-0.15, -0.1) is 0 Å². The Morgan fingerprint density at radius 3 is 1.93 bits per heavy atom. The van der Waals surface area contributed by atoms with Crippen LogP contribution in [0.25, 0.3) is 44.0 Å². The van der Waals surface area contributed by atoms with Crippen LogP contribution in [0.15, 0.2) is 60.7 Å². The van der Waals surface area contributed by atoms with Crippen LogP contribution >= 0.6 is 0 Å². The molecule has 5 nitrogen and oxygen atoms in total. The molecule has 138 valence electrons. The van der Waals surface area contributed by atoms with Crippen molar-refractivity contribution >= 4 is 32.6 Å². The van der Waals surface area contributed by atoms with Crippen molar-refractivity contribution in [2.75, 3.05) is 14.2 Å². The number of fused-ring (bicyclic) bond motifs is 6. The average molecular weight is 370 g/mol. The number of methoxy groups -OCH3 is 2. The molecule has 0 fully saturated rings. The summed E-state index contributed by atoms with van der Waals surface area (Å²) in [5.41, 5.74) is 2.67. The summed E-state index contributed by atoms with van der Waals surface area (Å²) in [5.74, 6) is 1.34. The maximum absolute atomic E-state index is 10.2. The highest BCUT2D eigenvalue weighted by atomic mass is 16.5. The van der Waals surface area contributed by atoms with E-state index < -0.39 is 0 Å². The topological polar surface area (TPSA) is 67.4 Å². The maximum atomic E-state index is 10.2. The third-order valence-corrected chi connectivity index (χ3v) is 5.13. The predicted octanol–water partition coefficient (Wildman–Crippen LogP) is 5.26. The van der Waals surface area contributed by atoms with Crippen LogP contribution in [0.1, 0.15) is 0 Å². The minimum atomic E-state index is -0.0271. The fourth-order valence-electron chi connectivity index (χ4n) is 3.79. The molecular formula is C23H18N2O3. The number of hydrogen-bond acceptors (Lipinski definition) is 4. The molecule has 0 aliphatic heterocycles. The quantitative estimate of drug-likeness (QED) is 0.425. The number of benzene rings is 4. The molecular weight excluding hydrogens is 352 g/mol. The van der Waals surface area contributed by atoms with Crippen molar-refractivity contribution in [1.29, 1.82) is 0 Å². The first-order chi connectivity index (χ1) is 13.7. The zero-order chi connectivity index (χ0) is 19.3. The molecule has 0 radical (unpaired) electrons. The number of phenolic OH excluding ortho intramolecular Hbond substituents is 1. The van der Waals surface area contributed by atoms with Crippen LogP contribution in [-0.4, -0.2) is 29.3 Å². The molecule has 0 aliphatic carbocycles. The molecule has 5 aromatic rings. The molecule has 0 unspecified atom stereocenters. The lowest BCUT2D eigenvalue weighted by Crippen LogP contribution is -1.91. The monoisotopic (exact) mass is 370 g/mol. The van der Waals surface area contributed by atoms with Crippen LogP contribution in [0.4, 0.5) is 0 Å². The van der Waals surface area contributed by atoms with Gasteiger partial charge in [0, 0.05) is 16.3 Å².